The first kappa shape index (κ1) is 13.1. The highest BCUT2D eigenvalue weighted by molar-refractivity contribution is 5.40. The Morgan fingerprint density at radius 2 is 2.22 bits per heavy atom. The van der Waals surface area contributed by atoms with Crippen molar-refractivity contribution in [1.82, 2.24) is 5.32 Å². The topological polar surface area (TPSA) is 60.0 Å². The van der Waals surface area contributed by atoms with E-state index in [4.69, 9.17) is 14.2 Å². The average Bonchev–Trinajstić information content (AvgIpc) is 2.43. The number of benzene rings is 1. The number of fused-ring (bicyclic) bond motifs is 1. The van der Waals surface area contributed by atoms with Crippen LogP contribution in [0.2, 0.25) is 0 Å². The zero-order valence-electron chi connectivity index (χ0n) is 10.5. The zero-order chi connectivity index (χ0) is 12.8. The summed E-state index contributed by atoms with van der Waals surface area (Å²) < 4.78 is 16.2. The SMILES string of the molecule is COCCNCC(O)C1COc2ccccc2O1. The Balaban J connectivity index is 1.81. The number of ether oxygens (including phenoxy) is 3. The molecular weight excluding hydrogens is 234 g/mol. The van der Waals surface area contributed by atoms with E-state index in [2.05, 4.69) is 5.32 Å². The van der Waals surface area contributed by atoms with Crippen LogP contribution in [0.3, 0.4) is 0 Å². The van der Waals surface area contributed by atoms with Gasteiger partial charge in [-0.05, 0) is 12.1 Å². The lowest BCUT2D eigenvalue weighted by Crippen LogP contribution is -2.45. The third-order valence-electron chi connectivity index (χ3n) is 2.80. The van der Waals surface area contributed by atoms with E-state index in [9.17, 15) is 5.11 Å². The first-order valence-electron chi connectivity index (χ1n) is 6.07. The Hall–Kier alpha value is -1.30. The van der Waals surface area contributed by atoms with E-state index in [1.165, 1.54) is 0 Å². The van der Waals surface area contributed by atoms with Crippen LogP contribution in [0.15, 0.2) is 24.3 Å². The average molecular weight is 253 g/mol. The van der Waals surface area contributed by atoms with Crippen molar-refractivity contribution in [1.29, 1.82) is 0 Å². The monoisotopic (exact) mass is 253 g/mol. The summed E-state index contributed by atoms with van der Waals surface area (Å²) in [7, 11) is 1.65. The molecule has 0 spiro atoms. The molecule has 5 nitrogen and oxygen atoms in total. The van der Waals surface area contributed by atoms with Gasteiger partial charge in [0.05, 0.1) is 6.61 Å². The molecule has 0 aromatic heterocycles. The Morgan fingerprint density at radius 1 is 1.44 bits per heavy atom. The van der Waals surface area contributed by atoms with Crippen LogP contribution >= 0.6 is 0 Å². The summed E-state index contributed by atoms with van der Waals surface area (Å²) >= 11 is 0. The Morgan fingerprint density at radius 3 is 3.00 bits per heavy atom. The summed E-state index contributed by atoms with van der Waals surface area (Å²) in [4.78, 5) is 0. The molecule has 1 aliphatic heterocycles. The number of aliphatic hydroxyl groups excluding tert-OH is 1. The molecule has 0 saturated carbocycles. The Labute approximate surface area is 107 Å². The van der Waals surface area contributed by atoms with E-state index in [0.29, 0.717) is 32.1 Å². The van der Waals surface area contributed by atoms with Gasteiger partial charge in [-0.25, -0.2) is 0 Å². The van der Waals surface area contributed by atoms with Crippen molar-refractivity contribution in [2.45, 2.75) is 12.2 Å². The van der Waals surface area contributed by atoms with Crippen molar-refractivity contribution in [3.05, 3.63) is 24.3 Å². The molecule has 0 saturated heterocycles. The smallest absolute Gasteiger partial charge is 0.161 e. The van der Waals surface area contributed by atoms with E-state index < -0.39 is 6.10 Å². The third-order valence-corrected chi connectivity index (χ3v) is 2.80. The lowest BCUT2D eigenvalue weighted by molar-refractivity contribution is -0.00946. The van der Waals surface area contributed by atoms with Crippen LogP contribution in [-0.4, -0.2) is 50.7 Å². The largest absolute Gasteiger partial charge is 0.486 e. The normalized spacial score (nSPS) is 19.6. The van der Waals surface area contributed by atoms with Gasteiger partial charge in [-0.15, -0.1) is 0 Å². The van der Waals surface area contributed by atoms with Gasteiger partial charge < -0.3 is 24.6 Å². The fourth-order valence-corrected chi connectivity index (χ4v) is 1.78. The number of hydrogen-bond donors (Lipinski definition) is 2. The molecule has 0 radical (unpaired) electrons. The maximum absolute atomic E-state index is 9.99. The number of rotatable bonds is 6. The highest BCUT2D eigenvalue weighted by Gasteiger charge is 2.26. The van der Waals surface area contributed by atoms with E-state index in [1.54, 1.807) is 7.11 Å². The second-order valence-corrected chi connectivity index (χ2v) is 4.18. The molecule has 2 rings (SSSR count). The van der Waals surface area contributed by atoms with Crippen molar-refractivity contribution in [3.63, 3.8) is 0 Å². The van der Waals surface area contributed by atoms with E-state index in [-0.39, 0.29) is 6.10 Å². The summed E-state index contributed by atoms with van der Waals surface area (Å²) in [5.74, 6) is 1.41. The molecule has 0 aliphatic carbocycles. The van der Waals surface area contributed by atoms with Gasteiger partial charge in [-0.1, -0.05) is 12.1 Å². The number of hydrogen-bond acceptors (Lipinski definition) is 5. The first-order chi connectivity index (χ1) is 8.81. The summed E-state index contributed by atoms with van der Waals surface area (Å²) in [6, 6.07) is 7.47. The molecule has 0 amide bonds. The van der Waals surface area contributed by atoms with Crippen LogP contribution in [0, 0.1) is 0 Å². The van der Waals surface area contributed by atoms with Crippen molar-refractivity contribution >= 4 is 0 Å². The molecule has 2 atom stereocenters. The van der Waals surface area contributed by atoms with Crippen LogP contribution in [-0.2, 0) is 4.74 Å². The lowest BCUT2D eigenvalue weighted by Gasteiger charge is -2.29. The number of aliphatic hydroxyl groups is 1. The van der Waals surface area contributed by atoms with Crippen molar-refractivity contribution in [3.8, 4) is 11.5 Å². The third kappa shape index (κ3) is 3.35. The number of nitrogens with one attached hydrogen (secondary N) is 1. The van der Waals surface area contributed by atoms with Crippen molar-refractivity contribution in [2.75, 3.05) is 33.4 Å². The summed E-state index contributed by atoms with van der Waals surface area (Å²) in [5, 5.41) is 13.1. The van der Waals surface area contributed by atoms with E-state index in [0.717, 1.165) is 5.75 Å². The van der Waals surface area contributed by atoms with Gasteiger partial charge in [-0.3, -0.25) is 0 Å². The first-order valence-corrected chi connectivity index (χ1v) is 6.07. The van der Waals surface area contributed by atoms with Crippen molar-refractivity contribution < 1.29 is 19.3 Å². The Kier molecular flexibility index (Phi) is 4.81. The Bertz CT molecular complexity index is 372. The van der Waals surface area contributed by atoms with Gasteiger partial charge in [-0.2, -0.15) is 0 Å². The molecule has 1 aromatic rings. The molecule has 2 unspecified atom stereocenters. The molecule has 18 heavy (non-hydrogen) atoms. The minimum Gasteiger partial charge on any atom is -0.486 e. The predicted molar refractivity (Wildman–Crippen MR) is 67.1 cm³/mol. The molecule has 100 valence electrons. The fourth-order valence-electron chi connectivity index (χ4n) is 1.78. The van der Waals surface area contributed by atoms with Crippen LogP contribution in [0.1, 0.15) is 0 Å². The highest BCUT2D eigenvalue weighted by Crippen LogP contribution is 2.31. The van der Waals surface area contributed by atoms with Crippen LogP contribution in [0.5, 0.6) is 11.5 Å². The molecule has 5 heteroatoms. The predicted octanol–water partition coefficient (Wildman–Crippen LogP) is 0.423. The highest BCUT2D eigenvalue weighted by atomic mass is 16.6. The van der Waals surface area contributed by atoms with Gasteiger partial charge in [0.25, 0.3) is 0 Å². The van der Waals surface area contributed by atoms with E-state index in [1.807, 2.05) is 24.3 Å². The standard InChI is InChI=1S/C13H19NO4/c1-16-7-6-14-8-10(15)13-9-17-11-4-2-3-5-12(11)18-13/h2-5,10,13-15H,6-9H2,1H3. The van der Waals surface area contributed by atoms with Gasteiger partial charge in [0.15, 0.2) is 17.6 Å². The number of methoxy groups -OCH3 is 1. The molecule has 0 bridgehead atoms. The molecule has 1 aromatic carbocycles. The summed E-state index contributed by atoms with van der Waals surface area (Å²) in [5.41, 5.74) is 0. The molecular formula is C13H19NO4. The summed E-state index contributed by atoms with van der Waals surface area (Å²) in [6.07, 6.45) is -0.940. The maximum Gasteiger partial charge on any atom is 0.161 e. The second kappa shape index (κ2) is 6.58. The maximum atomic E-state index is 9.99. The van der Waals surface area contributed by atoms with Gasteiger partial charge in [0.1, 0.15) is 12.7 Å². The molecule has 2 N–H and O–H groups in total. The van der Waals surface area contributed by atoms with E-state index >= 15 is 0 Å². The van der Waals surface area contributed by atoms with Crippen LogP contribution in [0.25, 0.3) is 0 Å². The molecule has 1 aliphatic rings. The minimum atomic E-state index is -0.602. The molecule has 0 fully saturated rings. The molecule has 1 heterocycles. The second-order valence-electron chi connectivity index (χ2n) is 4.18. The minimum absolute atomic E-state index is 0.338. The van der Waals surface area contributed by atoms with Gasteiger partial charge in [0, 0.05) is 20.2 Å². The van der Waals surface area contributed by atoms with Crippen molar-refractivity contribution in [2.24, 2.45) is 0 Å². The lowest BCUT2D eigenvalue weighted by atomic mass is 10.2. The van der Waals surface area contributed by atoms with Gasteiger partial charge >= 0.3 is 0 Å². The quantitative estimate of drug-likeness (QED) is 0.720. The van der Waals surface area contributed by atoms with Gasteiger partial charge in [0.2, 0.25) is 0 Å². The zero-order valence-corrected chi connectivity index (χ0v) is 10.5. The number of para-hydroxylation sites is 2. The summed E-state index contributed by atoms with van der Waals surface area (Å²) in [6.45, 7) is 2.15. The van der Waals surface area contributed by atoms with Crippen LogP contribution in [0.4, 0.5) is 0 Å². The van der Waals surface area contributed by atoms with Crippen LogP contribution < -0.4 is 14.8 Å². The fraction of sp³-hybridized carbons (Fsp3) is 0.538.